The summed E-state index contributed by atoms with van der Waals surface area (Å²) in [4.78, 5) is 31.5. The summed E-state index contributed by atoms with van der Waals surface area (Å²) in [5.74, 6) is 0.156. The van der Waals surface area contributed by atoms with Gasteiger partial charge in [0.25, 0.3) is 17.5 Å². The molecule has 1 amide bonds. The number of carbonyl (C=O) groups is 1. The lowest BCUT2D eigenvalue weighted by atomic mass is 10.2. The van der Waals surface area contributed by atoms with Crippen molar-refractivity contribution in [3.05, 3.63) is 68.1 Å². The number of benzene rings is 1. The monoisotopic (exact) mass is 386 g/mol. The Labute approximate surface area is 159 Å². The van der Waals surface area contributed by atoms with E-state index in [1.165, 1.54) is 16.8 Å². The lowest BCUT2D eigenvalue weighted by Gasteiger charge is -2.09. The van der Waals surface area contributed by atoms with Gasteiger partial charge in [0.2, 0.25) is 0 Å². The van der Waals surface area contributed by atoms with Crippen LogP contribution in [0, 0.1) is 30.9 Å². The molecule has 138 valence electrons. The summed E-state index contributed by atoms with van der Waals surface area (Å²) in [6.45, 7) is 5.44. The molecule has 0 aliphatic rings. The average Bonchev–Trinajstić information content (AvgIpc) is 2.94. The summed E-state index contributed by atoms with van der Waals surface area (Å²) in [5, 5.41) is 17.8. The molecule has 0 spiro atoms. The van der Waals surface area contributed by atoms with E-state index in [1.54, 1.807) is 13.0 Å². The molecular weight excluding hydrogens is 372 g/mol. The number of carbonyl (C=O) groups excluding carboxylic acids is 1. The number of aryl methyl sites for hydroxylation is 3. The van der Waals surface area contributed by atoms with Crippen molar-refractivity contribution in [2.24, 2.45) is 0 Å². The van der Waals surface area contributed by atoms with Crippen molar-refractivity contribution in [1.29, 1.82) is 0 Å². The van der Waals surface area contributed by atoms with Crippen LogP contribution in [-0.2, 0) is 0 Å². The second-order valence-electron chi connectivity index (χ2n) is 5.91. The molecule has 0 saturated heterocycles. The number of amides is 1. The molecular formula is C17H15ClN6O3. The van der Waals surface area contributed by atoms with Gasteiger partial charge in [-0.05, 0) is 32.9 Å². The number of anilines is 1. The van der Waals surface area contributed by atoms with Crippen LogP contribution in [0.2, 0.25) is 5.02 Å². The molecule has 2 heterocycles. The minimum absolute atomic E-state index is 0.0212. The molecule has 9 nitrogen and oxygen atoms in total. The average molecular weight is 387 g/mol. The van der Waals surface area contributed by atoms with Gasteiger partial charge >= 0.3 is 0 Å². The van der Waals surface area contributed by atoms with E-state index < -0.39 is 10.8 Å². The van der Waals surface area contributed by atoms with Gasteiger partial charge in [-0.25, -0.2) is 9.97 Å². The second kappa shape index (κ2) is 7.12. The molecule has 0 bridgehead atoms. The maximum atomic E-state index is 12.6. The number of nitrogens with zero attached hydrogens (tertiary/aromatic N) is 5. The summed E-state index contributed by atoms with van der Waals surface area (Å²) in [6.07, 6.45) is 0. The molecule has 0 saturated carbocycles. The quantitative estimate of drug-likeness (QED) is 0.542. The Hall–Kier alpha value is -3.33. The van der Waals surface area contributed by atoms with E-state index in [0.717, 1.165) is 17.5 Å². The lowest BCUT2D eigenvalue weighted by Crippen LogP contribution is -2.17. The highest BCUT2D eigenvalue weighted by atomic mass is 35.5. The first-order valence-corrected chi connectivity index (χ1v) is 8.27. The van der Waals surface area contributed by atoms with Crippen LogP contribution in [0.4, 0.5) is 11.5 Å². The van der Waals surface area contributed by atoms with Crippen LogP contribution in [0.25, 0.3) is 5.95 Å². The van der Waals surface area contributed by atoms with Crippen LogP contribution in [0.15, 0.2) is 30.3 Å². The maximum absolute atomic E-state index is 12.6. The Kier molecular flexibility index (Phi) is 4.87. The molecule has 0 radical (unpaired) electrons. The first kappa shape index (κ1) is 18.5. The normalized spacial score (nSPS) is 10.7. The first-order valence-electron chi connectivity index (χ1n) is 7.89. The van der Waals surface area contributed by atoms with Gasteiger partial charge in [0, 0.05) is 29.6 Å². The zero-order chi connectivity index (χ0) is 19.7. The molecule has 1 N–H and O–H groups in total. The summed E-state index contributed by atoms with van der Waals surface area (Å²) >= 11 is 6.03. The molecule has 0 unspecified atom stereocenters. The van der Waals surface area contributed by atoms with Gasteiger partial charge in [-0.15, -0.1) is 0 Å². The van der Waals surface area contributed by atoms with Crippen LogP contribution in [-0.4, -0.2) is 30.6 Å². The minimum atomic E-state index is -0.580. The van der Waals surface area contributed by atoms with Crippen molar-refractivity contribution in [3.63, 3.8) is 0 Å². The Bertz CT molecular complexity index is 1040. The third kappa shape index (κ3) is 3.93. The van der Waals surface area contributed by atoms with Crippen LogP contribution in [0.3, 0.4) is 0 Å². The van der Waals surface area contributed by atoms with Gasteiger partial charge < -0.3 is 5.32 Å². The van der Waals surface area contributed by atoms with E-state index in [9.17, 15) is 14.9 Å². The second-order valence-corrected chi connectivity index (χ2v) is 6.32. The highest BCUT2D eigenvalue weighted by Gasteiger charge is 2.18. The minimum Gasteiger partial charge on any atom is -0.306 e. The van der Waals surface area contributed by atoms with E-state index in [0.29, 0.717) is 17.5 Å². The van der Waals surface area contributed by atoms with Gasteiger partial charge in [0.05, 0.1) is 21.2 Å². The van der Waals surface area contributed by atoms with E-state index in [4.69, 9.17) is 11.6 Å². The molecule has 2 aromatic heterocycles. The fraction of sp³-hybridized carbons (Fsp3) is 0.176. The van der Waals surface area contributed by atoms with Gasteiger partial charge in [-0.1, -0.05) is 11.6 Å². The lowest BCUT2D eigenvalue weighted by molar-refractivity contribution is -0.384. The Morgan fingerprint density at radius 1 is 1.11 bits per heavy atom. The number of nitrogens with one attached hydrogen (secondary N) is 1. The number of aromatic nitrogens is 4. The predicted octanol–water partition coefficient (Wildman–Crippen LogP) is 3.40. The third-order valence-electron chi connectivity index (χ3n) is 3.64. The Morgan fingerprint density at radius 2 is 1.78 bits per heavy atom. The zero-order valence-electron chi connectivity index (χ0n) is 14.7. The summed E-state index contributed by atoms with van der Waals surface area (Å²) in [7, 11) is 0. The van der Waals surface area contributed by atoms with Crippen molar-refractivity contribution >= 4 is 29.0 Å². The van der Waals surface area contributed by atoms with Crippen LogP contribution < -0.4 is 5.32 Å². The predicted molar refractivity (Wildman–Crippen MR) is 99.4 cm³/mol. The van der Waals surface area contributed by atoms with Gasteiger partial charge in [-0.2, -0.15) is 9.78 Å². The maximum Gasteiger partial charge on any atom is 0.270 e. The molecule has 1 aromatic carbocycles. The molecule has 0 aliphatic carbocycles. The first-order chi connectivity index (χ1) is 12.7. The van der Waals surface area contributed by atoms with Crippen molar-refractivity contribution in [2.45, 2.75) is 20.8 Å². The molecule has 0 atom stereocenters. The number of nitro benzene ring substituents is 1. The van der Waals surface area contributed by atoms with Crippen molar-refractivity contribution in [1.82, 2.24) is 19.7 Å². The Balaban J connectivity index is 1.95. The van der Waals surface area contributed by atoms with E-state index >= 15 is 0 Å². The van der Waals surface area contributed by atoms with E-state index in [1.807, 2.05) is 19.9 Å². The number of hydrogen-bond acceptors (Lipinski definition) is 6. The number of halogens is 1. The molecule has 3 rings (SSSR count). The highest BCUT2D eigenvalue weighted by molar-refractivity contribution is 6.34. The number of hydrogen-bond donors (Lipinski definition) is 1. The molecule has 10 heteroatoms. The van der Waals surface area contributed by atoms with Crippen molar-refractivity contribution in [3.8, 4) is 5.95 Å². The molecule has 0 aliphatic heterocycles. The van der Waals surface area contributed by atoms with Crippen molar-refractivity contribution in [2.75, 3.05) is 5.32 Å². The van der Waals surface area contributed by atoms with Crippen LogP contribution >= 0.6 is 11.6 Å². The standard InChI is InChI=1S/C17H15ClN6O3/c1-9-6-10(2)20-17(19-9)23-15(7-11(3)22-23)21-16(25)13-5-4-12(24(26)27)8-14(13)18/h4-8H,1-3H3,(H,21,25). The molecule has 27 heavy (non-hydrogen) atoms. The van der Waals surface area contributed by atoms with Crippen molar-refractivity contribution < 1.29 is 9.72 Å². The number of rotatable bonds is 4. The topological polar surface area (TPSA) is 116 Å². The van der Waals surface area contributed by atoms with Gasteiger partial charge in [0.15, 0.2) is 0 Å². The SMILES string of the molecule is Cc1cc(C)nc(-n2nc(C)cc2NC(=O)c2ccc([N+](=O)[O-])cc2Cl)n1. The molecule has 0 fully saturated rings. The summed E-state index contributed by atoms with van der Waals surface area (Å²) in [6, 6.07) is 7.14. The largest absolute Gasteiger partial charge is 0.306 e. The zero-order valence-corrected chi connectivity index (χ0v) is 15.5. The fourth-order valence-electron chi connectivity index (χ4n) is 2.53. The molecule has 3 aromatic rings. The van der Waals surface area contributed by atoms with E-state index in [-0.39, 0.29) is 16.3 Å². The van der Waals surface area contributed by atoms with Crippen LogP contribution in [0.5, 0.6) is 0 Å². The highest BCUT2D eigenvalue weighted by Crippen LogP contribution is 2.24. The van der Waals surface area contributed by atoms with Gasteiger partial charge in [0.1, 0.15) is 5.82 Å². The fourth-order valence-corrected chi connectivity index (χ4v) is 2.79. The Morgan fingerprint density at radius 3 is 2.37 bits per heavy atom. The third-order valence-corrected chi connectivity index (χ3v) is 3.95. The van der Waals surface area contributed by atoms with Gasteiger partial charge in [-0.3, -0.25) is 14.9 Å². The number of non-ortho nitro benzene ring substituents is 1. The smallest absolute Gasteiger partial charge is 0.270 e. The van der Waals surface area contributed by atoms with E-state index in [2.05, 4.69) is 20.4 Å². The number of nitro groups is 1. The summed E-state index contributed by atoms with van der Waals surface area (Å²) < 4.78 is 1.42. The summed E-state index contributed by atoms with van der Waals surface area (Å²) in [5.41, 5.74) is 2.10. The van der Waals surface area contributed by atoms with Crippen LogP contribution in [0.1, 0.15) is 27.4 Å².